The van der Waals surface area contributed by atoms with Crippen molar-refractivity contribution in [2.45, 2.75) is 30.8 Å². The summed E-state index contributed by atoms with van der Waals surface area (Å²) in [6.45, 7) is 1.00. The van der Waals surface area contributed by atoms with Crippen LogP contribution >= 0.6 is 0 Å². The lowest BCUT2D eigenvalue weighted by Gasteiger charge is -2.21. The number of nitrogens with one attached hydrogen (secondary N) is 1. The second-order valence-corrected chi connectivity index (χ2v) is 5.01. The molecule has 0 unspecified atom stereocenters. The number of hydrogen-bond acceptors (Lipinski definition) is 9. The highest BCUT2D eigenvalue weighted by atomic mass is 16.4. The summed E-state index contributed by atoms with van der Waals surface area (Å²) in [6, 6.07) is 0. The summed E-state index contributed by atoms with van der Waals surface area (Å²) in [5, 5.41) is 54.5. The normalized spacial score (nSPS) is 15.4. The van der Waals surface area contributed by atoms with Crippen LogP contribution in [-0.2, 0) is 9.59 Å². The number of carboxylic acid groups (broad SMARTS) is 2. The predicted octanol–water partition coefficient (Wildman–Crippen LogP) is -2.30. The third kappa shape index (κ3) is 9.15. The molecule has 0 aromatic carbocycles. The number of aliphatic hydroxyl groups excluding tert-OH is 4. The Balaban J connectivity index is 0.000000485. The van der Waals surface area contributed by atoms with Crippen LogP contribution in [-0.4, -0.2) is 90.6 Å². The maximum absolute atomic E-state index is 10.1. The zero-order chi connectivity index (χ0) is 20.1. The maximum Gasteiger partial charge on any atom is 0.335 e. The van der Waals surface area contributed by atoms with Crippen LogP contribution < -0.4 is 5.32 Å². The van der Waals surface area contributed by atoms with Gasteiger partial charge in [-0.25, -0.2) is 19.6 Å². The molecule has 26 heavy (non-hydrogen) atoms. The highest BCUT2D eigenvalue weighted by Crippen LogP contribution is 2.05. The summed E-state index contributed by atoms with van der Waals surface area (Å²) in [5.74, 6) is -3.68. The Morgan fingerprint density at radius 1 is 1.04 bits per heavy atom. The SMILES string of the molecule is CNCC/C=C/c1cncnc1.O=C(O)[C@@H](O)[C@H](O)[C@H](O)[C@@H](O)C(=O)O. The molecule has 7 N–H and O–H groups in total. The van der Waals surface area contributed by atoms with Crippen LogP contribution in [0.5, 0.6) is 0 Å². The van der Waals surface area contributed by atoms with Crippen LogP contribution in [0.1, 0.15) is 12.0 Å². The van der Waals surface area contributed by atoms with E-state index in [0.29, 0.717) is 0 Å². The maximum atomic E-state index is 10.1. The molecule has 0 spiro atoms. The number of hydrogen-bond donors (Lipinski definition) is 7. The van der Waals surface area contributed by atoms with E-state index in [0.717, 1.165) is 18.5 Å². The number of aliphatic carboxylic acids is 2. The Morgan fingerprint density at radius 2 is 1.50 bits per heavy atom. The molecule has 1 rings (SSSR count). The Morgan fingerprint density at radius 3 is 1.88 bits per heavy atom. The van der Waals surface area contributed by atoms with Crippen molar-refractivity contribution >= 4 is 18.0 Å². The Labute approximate surface area is 149 Å². The lowest BCUT2D eigenvalue weighted by molar-refractivity contribution is -0.172. The van der Waals surface area contributed by atoms with E-state index in [1.54, 1.807) is 12.4 Å². The molecule has 1 aromatic rings. The quantitative estimate of drug-likeness (QED) is 0.230. The molecular weight excluding hydrogens is 350 g/mol. The molecule has 11 heteroatoms. The topological polar surface area (TPSA) is 193 Å². The summed E-state index contributed by atoms with van der Waals surface area (Å²) in [5.41, 5.74) is 1.05. The zero-order valence-electron chi connectivity index (χ0n) is 14.0. The summed E-state index contributed by atoms with van der Waals surface area (Å²) in [4.78, 5) is 28.0. The summed E-state index contributed by atoms with van der Waals surface area (Å²) in [6.07, 6.45) is 1.00. The summed E-state index contributed by atoms with van der Waals surface area (Å²) >= 11 is 0. The van der Waals surface area contributed by atoms with Crippen LogP contribution in [0, 0.1) is 0 Å². The van der Waals surface area contributed by atoms with Crippen molar-refractivity contribution in [3.63, 3.8) is 0 Å². The van der Waals surface area contributed by atoms with Gasteiger partial charge in [0.1, 0.15) is 18.5 Å². The van der Waals surface area contributed by atoms with Gasteiger partial charge in [0.15, 0.2) is 12.2 Å². The smallest absolute Gasteiger partial charge is 0.335 e. The van der Waals surface area contributed by atoms with Crippen molar-refractivity contribution in [1.29, 1.82) is 0 Å². The minimum Gasteiger partial charge on any atom is -0.479 e. The highest BCUT2D eigenvalue weighted by molar-refractivity contribution is 5.75. The van der Waals surface area contributed by atoms with E-state index in [1.807, 2.05) is 13.1 Å². The van der Waals surface area contributed by atoms with Crippen LogP contribution in [0.2, 0.25) is 0 Å². The average molecular weight is 373 g/mol. The standard InChI is InChI=1S/C9H13N3.C6H10O8/c1-10-5-3-2-4-9-6-11-8-12-7-9;7-1(3(9)5(11)12)2(8)4(10)6(13)14/h2,4,6-8,10H,3,5H2,1H3;1-4,7-10H,(H,11,12)(H,13,14)/b4-2+;/t;1-,2+,3+,4-. The molecule has 0 aliphatic carbocycles. The largest absolute Gasteiger partial charge is 0.479 e. The van der Waals surface area contributed by atoms with Crippen molar-refractivity contribution in [2.75, 3.05) is 13.6 Å². The molecule has 4 atom stereocenters. The molecule has 0 saturated carbocycles. The third-order valence-electron chi connectivity index (χ3n) is 2.95. The number of rotatable bonds is 9. The van der Waals surface area contributed by atoms with Gasteiger partial charge < -0.3 is 36.0 Å². The fourth-order valence-electron chi connectivity index (χ4n) is 1.51. The van der Waals surface area contributed by atoms with Crippen molar-refractivity contribution in [2.24, 2.45) is 0 Å². The monoisotopic (exact) mass is 373 g/mol. The molecule has 0 fully saturated rings. The van der Waals surface area contributed by atoms with E-state index in [-0.39, 0.29) is 0 Å². The first-order valence-corrected chi connectivity index (χ1v) is 7.46. The van der Waals surface area contributed by atoms with Gasteiger partial charge in [-0.15, -0.1) is 0 Å². The van der Waals surface area contributed by atoms with E-state index >= 15 is 0 Å². The molecular formula is C15H23N3O8. The molecule has 0 bridgehead atoms. The van der Waals surface area contributed by atoms with Crippen LogP contribution in [0.3, 0.4) is 0 Å². The van der Waals surface area contributed by atoms with Gasteiger partial charge in [0, 0.05) is 18.0 Å². The molecule has 0 saturated heterocycles. The fourth-order valence-corrected chi connectivity index (χ4v) is 1.51. The van der Waals surface area contributed by atoms with Gasteiger partial charge in [0.25, 0.3) is 0 Å². The van der Waals surface area contributed by atoms with Gasteiger partial charge in [-0.3, -0.25) is 0 Å². The fraction of sp³-hybridized carbons (Fsp3) is 0.467. The Kier molecular flexibility index (Phi) is 11.6. The number of carbonyl (C=O) groups is 2. The van der Waals surface area contributed by atoms with Crippen LogP contribution in [0.15, 0.2) is 24.8 Å². The van der Waals surface area contributed by atoms with Gasteiger partial charge in [0.2, 0.25) is 0 Å². The van der Waals surface area contributed by atoms with Crippen molar-refractivity contribution < 1.29 is 40.2 Å². The molecule has 0 radical (unpaired) electrons. The number of aromatic nitrogens is 2. The lowest BCUT2D eigenvalue weighted by Crippen LogP contribution is -2.49. The minimum atomic E-state index is -2.36. The highest BCUT2D eigenvalue weighted by Gasteiger charge is 2.37. The first-order valence-electron chi connectivity index (χ1n) is 7.46. The van der Waals surface area contributed by atoms with E-state index < -0.39 is 36.4 Å². The van der Waals surface area contributed by atoms with Crippen molar-refractivity contribution in [1.82, 2.24) is 15.3 Å². The average Bonchev–Trinajstić information content (AvgIpc) is 2.64. The van der Waals surface area contributed by atoms with E-state index in [9.17, 15) is 9.59 Å². The van der Waals surface area contributed by atoms with Crippen molar-refractivity contribution in [3.05, 3.63) is 30.4 Å². The molecule has 11 nitrogen and oxygen atoms in total. The first-order chi connectivity index (χ1) is 12.2. The predicted molar refractivity (Wildman–Crippen MR) is 88.9 cm³/mol. The van der Waals surface area contributed by atoms with Crippen LogP contribution in [0.25, 0.3) is 6.08 Å². The van der Waals surface area contributed by atoms with E-state index in [2.05, 4.69) is 21.4 Å². The molecule has 0 aliphatic heterocycles. The number of carboxylic acids is 2. The Hall–Kier alpha value is -2.44. The van der Waals surface area contributed by atoms with Gasteiger partial charge >= 0.3 is 11.9 Å². The lowest BCUT2D eigenvalue weighted by atomic mass is 10.0. The number of aliphatic hydroxyl groups is 4. The molecule has 0 aliphatic rings. The zero-order valence-corrected chi connectivity index (χ0v) is 14.0. The summed E-state index contributed by atoms with van der Waals surface area (Å²) < 4.78 is 0. The minimum absolute atomic E-state index is 1.00. The van der Waals surface area contributed by atoms with Gasteiger partial charge in [-0.2, -0.15) is 0 Å². The molecule has 0 amide bonds. The van der Waals surface area contributed by atoms with Gasteiger partial charge in [0.05, 0.1) is 0 Å². The first kappa shape index (κ1) is 23.6. The second-order valence-electron chi connectivity index (χ2n) is 5.01. The second kappa shape index (κ2) is 12.9. The number of nitrogens with zero attached hydrogens (tertiary/aromatic N) is 2. The molecule has 1 aromatic heterocycles. The summed E-state index contributed by atoms with van der Waals surface area (Å²) in [7, 11) is 1.94. The van der Waals surface area contributed by atoms with Gasteiger partial charge in [-0.05, 0) is 20.0 Å². The van der Waals surface area contributed by atoms with E-state index in [1.165, 1.54) is 6.33 Å². The van der Waals surface area contributed by atoms with Gasteiger partial charge in [-0.1, -0.05) is 12.2 Å². The third-order valence-corrected chi connectivity index (χ3v) is 2.95. The van der Waals surface area contributed by atoms with E-state index in [4.69, 9.17) is 30.6 Å². The van der Waals surface area contributed by atoms with Crippen LogP contribution in [0.4, 0.5) is 0 Å². The Bertz CT molecular complexity index is 545. The molecule has 146 valence electrons. The molecule has 1 heterocycles. The van der Waals surface area contributed by atoms with Crippen molar-refractivity contribution in [3.8, 4) is 0 Å².